The van der Waals surface area contributed by atoms with Crippen LogP contribution in [0.1, 0.15) is 6.92 Å². The second-order valence-electron chi connectivity index (χ2n) is 2.48. The molecule has 11 heavy (non-hydrogen) atoms. The molecule has 0 atom stereocenters. The van der Waals surface area contributed by atoms with Crippen molar-refractivity contribution in [2.45, 2.75) is 6.92 Å². The molecule has 2 amide bonds. The molecule has 0 bridgehead atoms. The highest BCUT2D eigenvalue weighted by atomic mass is 16.2. The molecule has 0 spiro atoms. The zero-order valence-corrected chi connectivity index (χ0v) is 6.70. The molecular weight excluding hydrogens is 144 g/mol. The molecular formula is C7H11N2O2. The molecule has 0 aromatic rings. The Morgan fingerprint density at radius 2 is 1.91 bits per heavy atom. The van der Waals surface area contributed by atoms with E-state index in [2.05, 4.69) is 0 Å². The number of nitrogens with zero attached hydrogens (tertiary/aromatic N) is 2. The lowest BCUT2D eigenvalue weighted by Crippen LogP contribution is -2.51. The Hall–Kier alpha value is -1.06. The van der Waals surface area contributed by atoms with Gasteiger partial charge in [0.25, 0.3) is 0 Å². The second-order valence-corrected chi connectivity index (χ2v) is 2.48. The Morgan fingerprint density at radius 3 is 2.45 bits per heavy atom. The van der Waals surface area contributed by atoms with Gasteiger partial charge in [-0.25, -0.2) is 0 Å². The van der Waals surface area contributed by atoms with Crippen molar-refractivity contribution in [3.63, 3.8) is 0 Å². The summed E-state index contributed by atoms with van der Waals surface area (Å²) in [6.45, 7) is 4.61. The van der Waals surface area contributed by atoms with Gasteiger partial charge in [0.1, 0.15) is 0 Å². The first-order chi connectivity index (χ1) is 5.16. The van der Waals surface area contributed by atoms with Crippen LogP contribution in [0.3, 0.4) is 0 Å². The third-order valence-electron chi connectivity index (χ3n) is 1.78. The summed E-state index contributed by atoms with van der Waals surface area (Å²) in [6, 6.07) is 0. The smallest absolute Gasteiger partial charge is 0.312 e. The fourth-order valence-electron chi connectivity index (χ4n) is 0.993. The van der Waals surface area contributed by atoms with E-state index in [1.165, 1.54) is 9.80 Å². The van der Waals surface area contributed by atoms with Crippen LogP contribution in [0.15, 0.2) is 0 Å². The highest BCUT2D eigenvalue weighted by Gasteiger charge is 2.28. The standard InChI is InChI=1S/C7H11N2O2/c1-3-9-5-4-8(2)6(10)7(9)11/h3H,4-5H2,1-2H3. The average Bonchev–Trinajstić information content (AvgIpc) is 2.01. The maximum Gasteiger partial charge on any atom is 0.312 e. The van der Waals surface area contributed by atoms with Crippen molar-refractivity contribution < 1.29 is 9.59 Å². The number of piperazine rings is 1. The number of hydrogen-bond acceptors (Lipinski definition) is 2. The lowest BCUT2D eigenvalue weighted by Gasteiger charge is -2.30. The molecule has 1 aliphatic heterocycles. The summed E-state index contributed by atoms with van der Waals surface area (Å²) in [5, 5.41) is 0. The van der Waals surface area contributed by atoms with E-state index in [1.807, 2.05) is 0 Å². The predicted molar refractivity (Wildman–Crippen MR) is 39.3 cm³/mol. The Kier molecular flexibility index (Phi) is 2.12. The summed E-state index contributed by atoms with van der Waals surface area (Å²) < 4.78 is 0. The molecule has 1 radical (unpaired) electrons. The number of rotatable bonds is 1. The van der Waals surface area contributed by atoms with Gasteiger partial charge in [0, 0.05) is 26.7 Å². The van der Waals surface area contributed by atoms with Gasteiger partial charge in [0.05, 0.1) is 0 Å². The van der Waals surface area contributed by atoms with E-state index in [0.29, 0.717) is 13.1 Å². The van der Waals surface area contributed by atoms with Gasteiger partial charge in [-0.15, -0.1) is 0 Å². The van der Waals surface area contributed by atoms with Gasteiger partial charge in [-0.3, -0.25) is 9.59 Å². The summed E-state index contributed by atoms with van der Waals surface area (Å²) in [5.74, 6) is -0.851. The van der Waals surface area contributed by atoms with E-state index < -0.39 is 11.8 Å². The molecule has 0 saturated carbocycles. The molecule has 1 heterocycles. The van der Waals surface area contributed by atoms with E-state index in [-0.39, 0.29) is 0 Å². The summed E-state index contributed by atoms with van der Waals surface area (Å²) in [7, 11) is 1.63. The van der Waals surface area contributed by atoms with Crippen molar-refractivity contribution in [2.75, 3.05) is 20.1 Å². The van der Waals surface area contributed by atoms with E-state index in [0.717, 1.165) is 0 Å². The summed E-state index contributed by atoms with van der Waals surface area (Å²) >= 11 is 0. The van der Waals surface area contributed by atoms with Gasteiger partial charge in [-0.05, 0) is 6.92 Å². The van der Waals surface area contributed by atoms with E-state index in [9.17, 15) is 9.59 Å². The summed E-state index contributed by atoms with van der Waals surface area (Å²) in [5.41, 5.74) is 0. The highest BCUT2D eigenvalue weighted by molar-refractivity contribution is 6.35. The molecule has 1 rings (SSSR count). The minimum Gasteiger partial charge on any atom is -0.336 e. The molecule has 61 valence electrons. The van der Waals surface area contributed by atoms with Gasteiger partial charge in [-0.2, -0.15) is 0 Å². The molecule has 4 nitrogen and oxygen atoms in total. The Morgan fingerprint density at radius 1 is 1.27 bits per heavy atom. The minimum atomic E-state index is -0.429. The van der Waals surface area contributed by atoms with Crippen LogP contribution in [-0.2, 0) is 9.59 Å². The third-order valence-corrected chi connectivity index (χ3v) is 1.78. The Labute approximate surface area is 65.8 Å². The summed E-state index contributed by atoms with van der Waals surface area (Å²) in [4.78, 5) is 24.9. The third kappa shape index (κ3) is 1.34. The van der Waals surface area contributed by atoms with Crippen LogP contribution < -0.4 is 0 Å². The van der Waals surface area contributed by atoms with Crippen LogP contribution in [0.4, 0.5) is 0 Å². The minimum absolute atomic E-state index is 0.422. The van der Waals surface area contributed by atoms with Crippen LogP contribution in [0.25, 0.3) is 0 Å². The monoisotopic (exact) mass is 155 g/mol. The van der Waals surface area contributed by atoms with Crippen LogP contribution in [0.5, 0.6) is 0 Å². The quantitative estimate of drug-likeness (QED) is 0.477. The van der Waals surface area contributed by atoms with Crippen molar-refractivity contribution >= 4 is 11.8 Å². The van der Waals surface area contributed by atoms with Crippen LogP contribution in [0, 0.1) is 6.54 Å². The van der Waals surface area contributed by atoms with Crippen molar-refractivity contribution in [3.8, 4) is 0 Å². The fourth-order valence-corrected chi connectivity index (χ4v) is 0.993. The van der Waals surface area contributed by atoms with Gasteiger partial charge in [0.15, 0.2) is 0 Å². The van der Waals surface area contributed by atoms with Crippen molar-refractivity contribution in [3.05, 3.63) is 6.54 Å². The van der Waals surface area contributed by atoms with Crippen LogP contribution in [0.2, 0.25) is 0 Å². The average molecular weight is 155 g/mol. The molecule has 1 saturated heterocycles. The van der Waals surface area contributed by atoms with E-state index >= 15 is 0 Å². The first-order valence-corrected chi connectivity index (χ1v) is 3.52. The molecule has 1 fully saturated rings. The normalized spacial score (nSPS) is 19.5. The van der Waals surface area contributed by atoms with Gasteiger partial charge in [0.2, 0.25) is 0 Å². The molecule has 0 aromatic heterocycles. The van der Waals surface area contributed by atoms with Crippen LogP contribution >= 0.6 is 0 Å². The first kappa shape index (κ1) is 8.04. The zero-order chi connectivity index (χ0) is 8.43. The largest absolute Gasteiger partial charge is 0.336 e. The first-order valence-electron chi connectivity index (χ1n) is 3.52. The van der Waals surface area contributed by atoms with Crippen molar-refractivity contribution in [2.24, 2.45) is 0 Å². The molecule has 0 aromatic carbocycles. The molecule has 0 unspecified atom stereocenters. The molecule has 0 aliphatic carbocycles. The Balaban J connectivity index is 2.67. The van der Waals surface area contributed by atoms with E-state index in [4.69, 9.17) is 0 Å². The number of amides is 2. The molecule has 4 heteroatoms. The topological polar surface area (TPSA) is 40.6 Å². The lowest BCUT2D eigenvalue weighted by atomic mass is 10.3. The van der Waals surface area contributed by atoms with E-state index in [1.54, 1.807) is 20.5 Å². The van der Waals surface area contributed by atoms with Gasteiger partial charge < -0.3 is 9.80 Å². The SMILES string of the molecule is C[CH]N1CCN(C)C(=O)C1=O. The summed E-state index contributed by atoms with van der Waals surface area (Å²) in [6.07, 6.45) is 0. The van der Waals surface area contributed by atoms with Gasteiger partial charge >= 0.3 is 11.8 Å². The molecule has 1 aliphatic rings. The number of likely N-dealkylation sites (N-methyl/N-ethyl adjacent to an activating group) is 1. The molecule has 0 N–H and O–H groups in total. The van der Waals surface area contributed by atoms with Crippen LogP contribution in [-0.4, -0.2) is 41.8 Å². The number of carbonyl (C=O) groups excluding carboxylic acids is 2. The predicted octanol–water partition coefficient (Wildman–Crippen LogP) is -0.531. The second kappa shape index (κ2) is 2.90. The lowest BCUT2D eigenvalue weighted by molar-refractivity contribution is -0.153. The number of carbonyl (C=O) groups is 2. The number of hydrogen-bond donors (Lipinski definition) is 0. The fraction of sp³-hybridized carbons (Fsp3) is 0.571. The zero-order valence-electron chi connectivity index (χ0n) is 6.70. The maximum absolute atomic E-state index is 11.1. The highest BCUT2D eigenvalue weighted by Crippen LogP contribution is 2.03. The van der Waals surface area contributed by atoms with Gasteiger partial charge in [-0.1, -0.05) is 0 Å². The van der Waals surface area contributed by atoms with Crippen molar-refractivity contribution in [1.29, 1.82) is 0 Å². The maximum atomic E-state index is 11.1. The Bertz CT molecular complexity index is 191. The van der Waals surface area contributed by atoms with Crippen molar-refractivity contribution in [1.82, 2.24) is 9.80 Å².